The van der Waals surface area contributed by atoms with Crippen molar-refractivity contribution in [2.75, 3.05) is 11.9 Å². The van der Waals surface area contributed by atoms with Crippen molar-refractivity contribution in [2.24, 2.45) is 0 Å². The van der Waals surface area contributed by atoms with Gasteiger partial charge in [-0.2, -0.15) is 0 Å². The molecule has 3 rings (SSSR count). The second-order valence-electron chi connectivity index (χ2n) is 4.35. The Morgan fingerprint density at radius 1 is 0.947 bits per heavy atom. The molecule has 0 aliphatic rings. The maximum atomic E-state index is 4.45. The SMILES string of the molecule is CCNc1nccnc1-c1ccc2ccccc2c1. The van der Waals surface area contributed by atoms with E-state index >= 15 is 0 Å². The summed E-state index contributed by atoms with van der Waals surface area (Å²) in [4.78, 5) is 8.80. The van der Waals surface area contributed by atoms with Crippen molar-refractivity contribution >= 4 is 16.6 Å². The minimum atomic E-state index is 0.833. The molecule has 0 atom stereocenters. The van der Waals surface area contributed by atoms with Crippen LogP contribution in [0.2, 0.25) is 0 Å². The molecule has 0 unspecified atom stereocenters. The smallest absolute Gasteiger partial charge is 0.152 e. The number of nitrogens with one attached hydrogen (secondary N) is 1. The highest BCUT2D eigenvalue weighted by Crippen LogP contribution is 2.26. The molecule has 0 bridgehead atoms. The number of hydrogen-bond donors (Lipinski definition) is 1. The molecule has 0 saturated carbocycles. The third kappa shape index (κ3) is 2.27. The van der Waals surface area contributed by atoms with Crippen molar-refractivity contribution in [1.29, 1.82) is 0 Å². The van der Waals surface area contributed by atoms with Crippen LogP contribution in [0.4, 0.5) is 5.82 Å². The van der Waals surface area contributed by atoms with Crippen LogP contribution in [0, 0.1) is 0 Å². The van der Waals surface area contributed by atoms with Crippen molar-refractivity contribution in [3.05, 3.63) is 54.9 Å². The topological polar surface area (TPSA) is 37.8 Å². The van der Waals surface area contributed by atoms with Crippen LogP contribution in [-0.4, -0.2) is 16.5 Å². The van der Waals surface area contributed by atoms with Gasteiger partial charge in [0.1, 0.15) is 5.69 Å². The Morgan fingerprint density at radius 2 is 1.74 bits per heavy atom. The van der Waals surface area contributed by atoms with Gasteiger partial charge in [0.05, 0.1) is 0 Å². The Labute approximate surface area is 112 Å². The maximum absolute atomic E-state index is 4.45. The van der Waals surface area contributed by atoms with Crippen LogP contribution in [0.25, 0.3) is 22.0 Å². The Hall–Kier alpha value is -2.42. The molecule has 0 spiro atoms. The summed E-state index contributed by atoms with van der Waals surface area (Å²) in [5.74, 6) is 0.834. The van der Waals surface area contributed by atoms with Crippen LogP contribution in [0.15, 0.2) is 54.9 Å². The molecule has 3 nitrogen and oxygen atoms in total. The molecule has 0 aliphatic carbocycles. The zero-order chi connectivity index (χ0) is 13.1. The van der Waals surface area contributed by atoms with Crippen LogP contribution < -0.4 is 5.32 Å². The van der Waals surface area contributed by atoms with Crippen LogP contribution in [0.1, 0.15) is 6.92 Å². The molecule has 0 amide bonds. The zero-order valence-electron chi connectivity index (χ0n) is 10.8. The lowest BCUT2D eigenvalue weighted by molar-refractivity contribution is 1.12. The summed E-state index contributed by atoms with van der Waals surface area (Å²) in [7, 11) is 0. The van der Waals surface area contributed by atoms with Gasteiger partial charge in [0.2, 0.25) is 0 Å². The van der Waals surface area contributed by atoms with E-state index in [-0.39, 0.29) is 0 Å². The molecule has 94 valence electrons. The Kier molecular flexibility index (Phi) is 3.11. The fourth-order valence-corrected chi connectivity index (χ4v) is 2.18. The van der Waals surface area contributed by atoms with Crippen molar-refractivity contribution < 1.29 is 0 Å². The van der Waals surface area contributed by atoms with Gasteiger partial charge in [-0.3, -0.25) is 4.98 Å². The quantitative estimate of drug-likeness (QED) is 0.768. The van der Waals surface area contributed by atoms with Crippen molar-refractivity contribution in [3.63, 3.8) is 0 Å². The Bertz CT molecular complexity index is 707. The lowest BCUT2D eigenvalue weighted by Gasteiger charge is -2.09. The molecular weight excluding hydrogens is 234 g/mol. The van der Waals surface area contributed by atoms with Crippen molar-refractivity contribution in [1.82, 2.24) is 9.97 Å². The molecule has 1 aromatic heterocycles. The van der Waals surface area contributed by atoms with Gasteiger partial charge in [0.15, 0.2) is 5.82 Å². The summed E-state index contributed by atoms with van der Waals surface area (Å²) in [5.41, 5.74) is 1.98. The first kappa shape index (κ1) is 11.7. The average Bonchev–Trinajstić information content (AvgIpc) is 2.48. The van der Waals surface area contributed by atoms with Gasteiger partial charge >= 0.3 is 0 Å². The number of fused-ring (bicyclic) bond motifs is 1. The van der Waals surface area contributed by atoms with E-state index < -0.39 is 0 Å². The predicted octanol–water partition coefficient (Wildman–Crippen LogP) is 3.73. The molecule has 1 heterocycles. The highest BCUT2D eigenvalue weighted by Gasteiger charge is 2.07. The van der Waals surface area contributed by atoms with E-state index in [1.807, 2.05) is 12.1 Å². The molecule has 0 aliphatic heterocycles. The number of aromatic nitrogens is 2. The summed E-state index contributed by atoms with van der Waals surface area (Å²) < 4.78 is 0. The third-order valence-corrected chi connectivity index (χ3v) is 3.07. The van der Waals surface area contributed by atoms with Crippen LogP contribution in [0.3, 0.4) is 0 Å². The summed E-state index contributed by atoms with van der Waals surface area (Å²) in [6, 6.07) is 14.7. The first-order valence-corrected chi connectivity index (χ1v) is 6.42. The van der Waals surface area contributed by atoms with E-state index in [1.165, 1.54) is 10.8 Å². The maximum Gasteiger partial charge on any atom is 0.152 e. The van der Waals surface area contributed by atoms with E-state index in [4.69, 9.17) is 0 Å². The molecular formula is C16H15N3. The van der Waals surface area contributed by atoms with E-state index in [0.717, 1.165) is 23.6 Å². The largest absolute Gasteiger partial charge is 0.369 e. The van der Waals surface area contributed by atoms with Gasteiger partial charge < -0.3 is 5.32 Å². The molecule has 0 fully saturated rings. The standard InChI is InChI=1S/C16H15N3/c1-2-17-16-15(18-9-10-19-16)14-8-7-12-5-3-4-6-13(12)11-14/h3-11H,2H2,1H3,(H,17,19). The number of anilines is 1. The number of benzene rings is 2. The minimum Gasteiger partial charge on any atom is -0.369 e. The molecule has 1 N–H and O–H groups in total. The first-order chi connectivity index (χ1) is 9.38. The number of hydrogen-bond acceptors (Lipinski definition) is 3. The first-order valence-electron chi connectivity index (χ1n) is 6.42. The van der Waals surface area contributed by atoms with Gasteiger partial charge in [-0.1, -0.05) is 36.4 Å². The van der Waals surface area contributed by atoms with E-state index in [9.17, 15) is 0 Å². The Morgan fingerprint density at radius 3 is 2.58 bits per heavy atom. The summed E-state index contributed by atoms with van der Waals surface area (Å²) in [6.45, 7) is 2.89. The van der Waals surface area contributed by atoms with Gasteiger partial charge in [-0.25, -0.2) is 4.98 Å². The molecule has 0 saturated heterocycles. The van der Waals surface area contributed by atoms with Crippen LogP contribution in [0.5, 0.6) is 0 Å². The van der Waals surface area contributed by atoms with Gasteiger partial charge in [0, 0.05) is 24.5 Å². The van der Waals surface area contributed by atoms with Crippen molar-refractivity contribution in [3.8, 4) is 11.3 Å². The predicted molar refractivity (Wildman–Crippen MR) is 79.1 cm³/mol. The van der Waals surface area contributed by atoms with Gasteiger partial charge in [0.25, 0.3) is 0 Å². The molecule has 2 aromatic carbocycles. The summed E-state index contributed by atoms with van der Waals surface area (Å²) in [5, 5.41) is 5.70. The molecule has 3 aromatic rings. The molecule has 0 radical (unpaired) electrons. The van der Waals surface area contributed by atoms with Crippen molar-refractivity contribution in [2.45, 2.75) is 6.92 Å². The summed E-state index contributed by atoms with van der Waals surface area (Å²) in [6.07, 6.45) is 3.44. The monoisotopic (exact) mass is 249 g/mol. The number of nitrogens with zero attached hydrogens (tertiary/aromatic N) is 2. The van der Waals surface area contributed by atoms with E-state index in [1.54, 1.807) is 12.4 Å². The zero-order valence-corrected chi connectivity index (χ0v) is 10.8. The fraction of sp³-hybridized carbons (Fsp3) is 0.125. The summed E-state index contributed by atoms with van der Waals surface area (Å²) >= 11 is 0. The lowest BCUT2D eigenvalue weighted by Crippen LogP contribution is -2.02. The van der Waals surface area contributed by atoms with Gasteiger partial charge in [-0.05, 0) is 23.8 Å². The Balaban J connectivity index is 2.13. The second-order valence-corrected chi connectivity index (χ2v) is 4.35. The van der Waals surface area contributed by atoms with Crippen LogP contribution >= 0.6 is 0 Å². The second kappa shape index (κ2) is 5.06. The third-order valence-electron chi connectivity index (χ3n) is 3.07. The molecule has 3 heteroatoms. The highest BCUT2D eigenvalue weighted by molar-refractivity contribution is 5.88. The van der Waals surface area contributed by atoms with Gasteiger partial charge in [-0.15, -0.1) is 0 Å². The van der Waals surface area contributed by atoms with E-state index in [2.05, 4.69) is 52.5 Å². The lowest BCUT2D eigenvalue weighted by atomic mass is 10.0. The average molecular weight is 249 g/mol. The van der Waals surface area contributed by atoms with Crippen LogP contribution in [-0.2, 0) is 0 Å². The minimum absolute atomic E-state index is 0.833. The van der Waals surface area contributed by atoms with E-state index in [0.29, 0.717) is 0 Å². The fourth-order valence-electron chi connectivity index (χ4n) is 2.18. The molecule has 19 heavy (non-hydrogen) atoms. The normalized spacial score (nSPS) is 10.6. The highest BCUT2D eigenvalue weighted by atomic mass is 15.0. The number of rotatable bonds is 3.